The number of ether oxygens (including phenoxy) is 1. The smallest absolute Gasteiger partial charge is 0.132 e. The first kappa shape index (κ1) is 14.3. The van der Waals surface area contributed by atoms with Gasteiger partial charge in [-0.05, 0) is 36.8 Å². The molecule has 1 unspecified atom stereocenters. The van der Waals surface area contributed by atoms with Gasteiger partial charge in [-0.15, -0.1) is 0 Å². The van der Waals surface area contributed by atoms with Crippen LogP contribution in [0.3, 0.4) is 0 Å². The third-order valence-corrected chi connectivity index (χ3v) is 4.29. The van der Waals surface area contributed by atoms with Gasteiger partial charge in [-0.3, -0.25) is 0 Å². The summed E-state index contributed by atoms with van der Waals surface area (Å²) in [6.07, 6.45) is -0.511. The molecule has 0 spiro atoms. The van der Waals surface area contributed by atoms with Crippen LogP contribution in [0, 0.1) is 0 Å². The number of aliphatic hydroxyl groups is 1. The topological polar surface area (TPSA) is 29.5 Å². The summed E-state index contributed by atoms with van der Waals surface area (Å²) in [5, 5.41) is 10.2. The molecule has 2 aromatic carbocycles. The molecule has 1 atom stereocenters. The molecule has 0 heterocycles. The Bertz CT molecular complexity index is 570. The van der Waals surface area contributed by atoms with Gasteiger partial charge in [-0.2, -0.15) is 0 Å². The average Bonchev–Trinajstić information content (AvgIpc) is 2.41. The van der Waals surface area contributed by atoms with Crippen LogP contribution in [0.4, 0.5) is 0 Å². The SMILES string of the molecule is COc1ccccc1Sc1ccc(C(C)O)cc1Cl. The fourth-order valence-corrected chi connectivity index (χ4v) is 2.91. The molecule has 0 radical (unpaired) electrons. The monoisotopic (exact) mass is 294 g/mol. The molecule has 0 saturated heterocycles. The second-order valence-electron chi connectivity index (χ2n) is 4.12. The Labute approximate surface area is 122 Å². The highest BCUT2D eigenvalue weighted by Gasteiger charge is 2.09. The van der Waals surface area contributed by atoms with Gasteiger partial charge in [-0.1, -0.05) is 41.6 Å². The van der Waals surface area contributed by atoms with Crippen LogP contribution >= 0.6 is 23.4 Å². The molecule has 0 fully saturated rings. The summed E-state index contributed by atoms with van der Waals surface area (Å²) >= 11 is 7.79. The third kappa shape index (κ3) is 3.44. The summed E-state index contributed by atoms with van der Waals surface area (Å²) in [6.45, 7) is 1.72. The zero-order valence-corrected chi connectivity index (χ0v) is 12.3. The van der Waals surface area contributed by atoms with Crippen LogP contribution in [-0.4, -0.2) is 12.2 Å². The van der Waals surface area contributed by atoms with Gasteiger partial charge in [0.05, 0.1) is 23.1 Å². The predicted octanol–water partition coefficient (Wildman–Crippen LogP) is 4.55. The molecule has 2 nitrogen and oxygen atoms in total. The van der Waals surface area contributed by atoms with Crippen molar-refractivity contribution in [3.05, 3.63) is 53.1 Å². The van der Waals surface area contributed by atoms with E-state index in [1.165, 1.54) is 0 Å². The second kappa shape index (κ2) is 6.33. The third-order valence-electron chi connectivity index (χ3n) is 2.73. The molecule has 0 aliphatic rings. The highest BCUT2D eigenvalue weighted by Crippen LogP contribution is 2.38. The Morgan fingerprint density at radius 1 is 1.16 bits per heavy atom. The van der Waals surface area contributed by atoms with Crippen molar-refractivity contribution in [1.82, 2.24) is 0 Å². The van der Waals surface area contributed by atoms with Crippen molar-refractivity contribution in [2.24, 2.45) is 0 Å². The highest BCUT2D eigenvalue weighted by atomic mass is 35.5. The van der Waals surface area contributed by atoms with E-state index in [2.05, 4.69) is 0 Å². The van der Waals surface area contributed by atoms with Gasteiger partial charge in [0.2, 0.25) is 0 Å². The van der Waals surface area contributed by atoms with Gasteiger partial charge in [0, 0.05) is 4.90 Å². The fraction of sp³-hybridized carbons (Fsp3) is 0.200. The molecule has 1 N–H and O–H groups in total. The zero-order chi connectivity index (χ0) is 13.8. The van der Waals surface area contributed by atoms with Crippen LogP contribution in [-0.2, 0) is 0 Å². The van der Waals surface area contributed by atoms with Crippen molar-refractivity contribution in [3.63, 3.8) is 0 Å². The Kier molecular flexibility index (Phi) is 4.75. The minimum absolute atomic E-state index is 0.511. The molecular weight excluding hydrogens is 280 g/mol. The molecular formula is C15H15ClO2S. The lowest BCUT2D eigenvalue weighted by molar-refractivity contribution is 0.199. The maximum absolute atomic E-state index is 9.53. The van der Waals surface area contributed by atoms with Gasteiger partial charge < -0.3 is 9.84 Å². The Morgan fingerprint density at radius 3 is 2.53 bits per heavy atom. The van der Waals surface area contributed by atoms with E-state index >= 15 is 0 Å². The summed E-state index contributed by atoms with van der Waals surface area (Å²) in [6, 6.07) is 13.4. The zero-order valence-electron chi connectivity index (χ0n) is 10.8. The first-order valence-corrected chi connectivity index (χ1v) is 7.09. The summed E-state index contributed by atoms with van der Waals surface area (Å²) < 4.78 is 5.32. The molecule has 2 aromatic rings. The largest absolute Gasteiger partial charge is 0.496 e. The number of hydrogen-bond acceptors (Lipinski definition) is 3. The Morgan fingerprint density at radius 2 is 1.89 bits per heavy atom. The van der Waals surface area contributed by atoms with Crippen molar-refractivity contribution in [1.29, 1.82) is 0 Å². The van der Waals surface area contributed by atoms with Crippen molar-refractivity contribution < 1.29 is 9.84 Å². The quantitative estimate of drug-likeness (QED) is 0.897. The van der Waals surface area contributed by atoms with Crippen molar-refractivity contribution >= 4 is 23.4 Å². The molecule has 0 bridgehead atoms. The molecule has 19 heavy (non-hydrogen) atoms. The summed E-state index contributed by atoms with van der Waals surface area (Å²) in [4.78, 5) is 1.95. The standard InChI is InChI=1S/C15H15ClO2S/c1-10(17)11-7-8-14(12(16)9-11)19-15-6-4-3-5-13(15)18-2/h3-10,17H,1-2H3. The van der Waals surface area contributed by atoms with Gasteiger partial charge >= 0.3 is 0 Å². The first-order valence-electron chi connectivity index (χ1n) is 5.90. The van der Waals surface area contributed by atoms with Gasteiger partial charge in [0.25, 0.3) is 0 Å². The molecule has 0 aromatic heterocycles. The van der Waals surface area contributed by atoms with Crippen LogP contribution in [0.25, 0.3) is 0 Å². The number of rotatable bonds is 4. The molecule has 4 heteroatoms. The summed E-state index contributed by atoms with van der Waals surface area (Å²) in [5.41, 5.74) is 0.814. The predicted molar refractivity (Wildman–Crippen MR) is 79.2 cm³/mol. The molecule has 2 rings (SSSR count). The number of halogens is 1. The first-order chi connectivity index (χ1) is 9.11. The van der Waals surface area contributed by atoms with E-state index in [4.69, 9.17) is 16.3 Å². The molecule has 0 aliphatic heterocycles. The normalized spacial score (nSPS) is 12.2. The van der Waals surface area contributed by atoms with Gasteiger partial charge in [0.15, 0.2) is 0 Å². The molecule has 100 valence electrons. The molecule has 0 amide bonds. The number of para-hydroxylation sites is 1. The maximum atomic E-state index is 9.53. The minimum atomic E-state index is -0.511. The maximum Gasteiger partial charge on any atom is 0.132 e. The average molecular weight is 295 g/mol. The molecule has 0 aliphatic carbocycles. The Balaban J connectivity index is 2.28. The van der Waals surface area contributed by atoms with Crippen molar-refractivity contribution in [2.75, 3.05) is 7.11 Å². The lowest BCUT2D eigenvalue weighted by atomic mass is 10.1. The van der Waals surface area contributed by atoms with E-state index in [1.807, 2.05) is 36.4 Å². The van der Waals surface area contributed by atoms with Gasteiger partial charge in [0.1, 0.15) is 5.75 Å². The van der Waals surface area contributed by atoms with Crippen LogP contribution in [0.1, 0.15) is 18.6 Å². The van der Waals surface area contributed by atoms with E-state index in [0.29, 0.717) is 5.02 Å². The van der Waals surface area contributed by atoms with E-state index < -0.39 is 6.10 Å². The summed E-state index contributed by atoms with van der Waals surface area (Å²) in [5.74, 6) is 0.822. The minimum Gasteiger partial charge on any atom is -0.496 e. The van der Waals surface area contributed by atoms with E-state index in [-0.39, 0.29) is 0 Å². The van der Waals surface area contributed by atoms with E-state index in [0.717, 1.165) is 21.1 Å². The van der Waals surface area contributed by atoms with Crippen LogP contribution in [0.5, 0.6) is 5.75 Å². The van der Waals surface area contributed by atoms with Gasteiger partial charge in [-0.25, -0.2) is 0 Å². The second-order valence-corrected chi connectivity index (χ2v) is 5.61. The van der Waals surface area contributed by atoms with E-state index in [9.17, 15) is 5.11 Å². The Hall–Kier alpha value is -1.16. The van der Waals surface area contributed by atoms with Crippen molar-refractivity contribution in [3.8, 4) is 5.75 Å². The van der Waals surface area contributed by atoms with Crippen molar-refractivity contribution in [2.45, 2.75) is 22.8 Å². The summed E-state index contributed by atoms with van der Waals surface area (Å²) in [7, 11) is 1.65. The number of hydrogen-bond donors (Lipinski definition) is 1. The number of aliphatic hydroxyl groups excluding tert-OH is 1. The van der Waals surface area contributed by atoms with Crippen LogP contribution in [0.2, 0.25) is 5.02 Å². The van der Waals surface area contributed by atoms with Crippen LogP contribution < -0.4 is 4.74 Å². The highest BCUT2D eigenvalue weighted by molar-refractivity contribution is 7.99. The van der Waals surface area contributed by atoms with E-state index in [1.54, 1.807) is 31.9 Å². The molecule has 0 saturated carbocycles. The number of methoxy groups -OCH3 is 1. The number of benzene rings is 2. The lowest BCUT2D eigenvalue weighted by Crippen LogP contribution is -1.91. The van der Waals surface area contributed by atoms with Crippen LogP contribution in [0.15, 0.2) is 52.3 Å². The lowest BCUT2D eigenvalue weighted by Gasteiger charge is -2.11. The fourth-order valence-electron chi connectivity index (χ4n) is 1.68.